The van der Waals surface area contributed by atoms with E-state index in [-0.39, 0.29) is 30.3 Å². The maximum absolute atomic E-state index is 12.2. The molecule has 1 aliphatic rings. The zero-order chi connectivity index (χ0) is 19.3. The van der Waals surface area contributed by atoms with Gasteiger partial charge in [-0.05, 0) is 36.5 Å². The molecule has 9 heteroatoms. The van der Waals surface area contributed by atoms with Gasteiger partial charge in [0.05, 0.1) is 30.7 Å². The lowest BCUT2D eigenvalue weighted by molar-refractivity contribution is -0.131. The van der Waals surface area contributed by atoms with Crippen molar-refractivity contribution in [2.75, 3.05) is 6.54 Å². The molecule has 0 aliphatic carbocycles. The van der Waals surface area contributed by atoms with E-state index in [1.165, 1.54) is 6.07 Å². The molecule has 6 nitrogen and oxygen atoms in total. The topological polar surface area (TPSA) is 79.8 Å². The molecule has 0 aromatic heterocycles. The van der Waals surface area contributed by atoms with Crippen LogP contribution in [-0.2, 0) is 9.63 Å². The monoisotopic (exact) mass is 395 g/mol. The summed E-state index contributed by atoms with van der Waals surface area (Å²) in [6.45, 7) is 4.19. The zero-order valence-electron chi connectivity index (χ0n) is 14.6. The maximum Gasteiger partial charge on any atom is 0.263 e. The van der Waals surface area contributed by atoms with E-state index in [1.807, 2.05) is 13.8 Å². The summed E-state index contributed by atoms with van der Waals surface area (Å²) in [5, 5.41) is 9.95. The molecule has 0 spiro atoms. The third-order valence-corrected chi connectivity index (χ3v) is 4.27. The van der Waals surface area contributed by atoms with Crippen LogP contribution in [0.5, 0.6) is 0 Å². The van der Waals surface area contributed by atoms with Crippen molar-refractivity contribution >= 4 is 48.6 Å². The van der Waals surface area contributed by atoms with Crippen molar-refractivity contribution in [3.8, 4) is 0 Å². The second kappa shape index (κ2) is 9.28. The Morgan fingerprint density at radius 3 is 2.81 bits per heavy atom. The lowest BCUT2D eigenvalue weighted by Gasteiger charge is -2.18. The Morgan fingerprint density at radius 1 is 1.38 bits per heavy atom. The summed E-state index contributed by atoms with van der Waals surface area (Å²) in [4.78, 5) is 29.4. The number of nitrogens with zero attached hydrogens (tertiary/aromatic N) is 1. The molecule has 1 unspecified atom stereocenters. The van der Waals surface area contributed by atoms with Crippen LogP contribution < -0.4 is 10.6 Å². The lowest BCUT2D eigenvalue weighted by Crippen LogP contribution is -2.42. The predicted molar refractivity (Wildman–Crippen MR) is 103 cm³/mol. The minimum atomic E-state index is -0.741. The highest BCUT2D eigenvalue weighted by molar-refractivity contribution is 6.35. The first-order valence-electron chi connectivity index (χ1n) is 8.27. The molecule has 1 aromatic carbocycles. The van der Waals surface area contributed by atoms with Crippen molar-refractivity contribution in [2.45, 2.75) is 38.7 Å². The Kier molecular flexibility index (Phi) is 7.35. The van der Waals surface area contributed by atoms with Crippen molar-refractivity contribution in [3.05, 3.63) is 33.8 Å². The molecule has 2 amide bonds. The molecule has 2 atom stereocenters. The molecule has 138 valence electrons. The van der Waals surface area contributed by atoms with Gasteiger partial charge in [-0.25, -0.2) is 0 Å². The molecule has 0 saturated carbocycles. The van der Waals surface area contributed by atoms with Crippen LogP contribution >= 0.6 is 23.2 Å². The number of hydrogen-bond acceptors (Lipinski definition) is 4. The summed E-state index contributed by atoms with van der Waals surface area (Å²) in [6.07, 6.45) is 0.210. The van der Waals surface area contributed by atoms with E-state index in [2.05, 4.69) is 15.8 Å². The van der Waals surface area contributed by atoms with Crippen molar-refractivity contribution in [3.63, 3.8) is 0 Å². The molecule has 0 fully saturated rings. The van der Waals surface area contributed by atoms with Gasteiger partial charge < -0.3 is 15.5 Å². The SMILES string of the molecule is [B][C@H](CC(C)C)NC(=O)C1CC(CNC(=O)c2cc(Cl)ccc2Cl)=NO1. The number of rotatable bonds is 7. The van der Waals surface area contributed by atoms with E-state index in [4.69, 9.17) is 35.9 Å². The lowest BCUT2D eigenvalue weighted by atomic mass is 9.88. The van der Waals surface area contributed by atoms with Crippen molar-refractivity contribution < 1.29 is 14.4 Å². The number of nitrogens with one attached hydrogen (secondary N) is 2. The first-order chi connectivity index (χ1) is 12.3. The molecule has 2 rings (SSSR count). The summed E-state index contributed by atoms with van der Waals surface area (Å²) in [6, 6.07) is 4.64. The standard InChI is InChI=1S/C17H20BCl2N3O3/c1-9(2)5-15(18)22-17(25)14-7-11(23-26-14)8-21-16(24)12-6-10(19)3-4-13(12)20/h3-4,6,9,14-15H,5,7-8H2,1-2H3,(H,21,24)(H,22,25)/t14?,15-/m0/s1. The second-order valence-corrected chi connectivity index (χ2v) is 7.35. The van der Waals surface area contributed by atoms with Gasteiger partial charge in [0.2, 0.25) is 6.10 Å². The van der Waals surface area contributed by atoms with Crippen molar-refractivity contribution in [2.24, 2.45) is 11.1 Å². The Labute approximate surface area is 164 Å². The number of oxime groups is 1. The molecule has 0 bridgehead atoms. The average Bonchev–Trinajstić information content (AvgIpc) is 3.03. The van der Waals surface area contributed by atoms with Gasteiger partial charge in [-0.15, -0.1) is 0 Å². The van der Waals surface area contributed by atoms with E-state index >= 15 is 0 Å². The smallest absolute Gasteiger partial charge is 0.263 e. The largest absolute Gasteiger partial charge is 0.382 e. The number of carbonyl (C=O) groups excluding carboxylic acids is 2. The average molecular weight is 396 g/mol. The molecular weight excluding hydrogens is 376 g/mol. The first kappa shape index (κ1) is 20.6. The van der Waals surface area contributed by atoms with Crippen LogP contribution in [0, 0.1) is 5.92 Å². The highest BCUT2D eigenvalue weighted by Crippen LogP contribution is 2.20. The number of carbonyl (C=O) groups is 2. The summed E-state index contributed by atoms with van der Waals surface area (Å²) >= 11 is 11.9. The van der Waals surface area contributed by atoms with Crippen LogP contribution in [0.3, 0.4) is 0 Å². The van der Waals surface area contributed by atoms with E-state index < -0.39 is 12.0 Å². The molecule has 1 aromatic rings. The fraction of sp³-hybridized carbons (Fsp3) is 0.471. The van der Waals surface area contributed by atoms with Gasteiger partial charge in [0.25, 0.3) is 11.8 Å². The summed E-state index contributed by atoms with van der Waals surface area (Å²) in [7, 11) is 5.86. The Balaban J connectivity index is 1.81. The van der Waals surface area contributed by atoms with Crippen LogP contribution in [0.4, 0.5) is 0 Å². The highest BCUT2D eigenvalue weighted by atomic mass is 35.5. The minimum absolute atomic E-state index is 0.142. The number of benzene rings is 1. The number of amides is 2. The van der Waals surface area contributed by atoms with E-state index in [9.17, 15) is 9.59 Å². The molecule has 1 heterocycles. The highest BCUT2D eigenvalue weighted by Gasteiger charge is 2.29. The molecule has 1 aliphatic heterocycles. The van der Waals surface area contributed by atoms with Crippen molar-refractivity contribution in [1.29, 1.82) is 0 Å². The number of halogens is 2. The Hall–Kier alpha value is -1.73. The normalized spacial score (nSPS) is 17.4. The van der Waals surface area contributed by atoms with Crippen LogP contribution in [0.1, 0.15) is 37.0 Å². The summed E-state index contributed by atoms with van der Waals surface area (Å²) in [5.74, 6) is -0.761. The van der Waals surface area contributed by atoms with Gasteiger partial charge in [0.1, 0.15) is 0 Å². The van der Waals surface area contributed by atoms with E-state index in [0.717, 1.165) is 0 Å². The van der Waals surface area contributed by atoms with Gasteiger partial charge in [-0.1, -0.05) is 42.2 Å². The third kappa shape index (κ3) is 5.92. The van der Waals surface area contributed by atoms with E-state index in [1.54, 1.807) is 12.1 Å². The Bertz CT molecular complexity index is 712. The fourth-order valence-electron chi connectivity index (χ4n) is 2.46. The van der Waals surface area contributed by atoms with Crippen LogP contribution in [0.25, 0.3) is 0 Å². The van der Waals surface area contributed by atoms with Crippen molar-refractivity contribution in [1.82, 2.24) is 10.6 Å². The first-order valence-corrected chi connectivity index (χ1v) is 9.02. The van der Waals surface area contributed by atoms with Gasteiger partial charge in [-0.3, -0.25) is 9.59 Å². The molecule has 2 N–H and O–H groups in total. The van der Waals surface area contributed by atoms with Crippen LogP contribution in [0.15, 0.2) is 23.4 Å². The molecule has 26 heavy (non-hydrogen) atoms. The maximum atomic E-state index is 12.2. The van der Waals surface area contributed by atoms with Gasteiger partial charge in [-0.2, -0.15) is 0 Å². The van der Waals surface area contributed by atoms with Gasteiger partial charge in [0.15, 0.2) is 0 Å². The van der Waals surface area contributed by atoms with Gasteiger partial charge >= 0.3 is 0 Å². The number of hydrogen-bond donors (Lipinski definition) is 2. The quantitative estimate of drug-likeness (QED) is 0.696. The van der Waals surface area contributed by atoms with E-state index in [0.29, 0.717) is 28.1 Å². The minimum Gasteiger partial charge on any atom is -0.382 e. The zero-order valence-corrected chi connectivity index (χ0v) is 16.1. The molecule has 0 saturated heterocycles. The molecule has 2 radical (unpaired) electrons. The third-order valence-electron chi connectivity index (χ3n) is 3.70. The van der Waals surface area contributed by atoms with Crippen LogP contribution in [-0.4, -0.2) is 44.0 Å². The summed E-state index contributed by atoms with van der Waals surface area (Å²) < 4.78 is 0. The molecular formula is C17H20BCl2N3O3. The Morgan fingerprint density at radius 2 is 2.12 bits per heavy atom. The van der Waals surface area contributed by atoms with Crippen LogP contribution in [0.2, 0.25) is 10.0 Å². The summed E-state index contributed by atoms with van der Waals surface area (Å²) in [5.41, 5.74) is 0.821. The fourth-order valence-corrected chi connectivity index (χ4v) is 2.84. The second-order valence-electron chi connectivity index (χ2n) is 6.51. The predicted octanol–water partition coefficient (Wildman–Crippen LogP) is 2.53. The van der Waals surface area contributed by atoms with Gasteiger partial charge in [0, 0.05) is 11.4 Å².